The topological polar surface area (TPSA) is 74.3 Å². The minimum atomic E-state index is -3.28. The van der Waals surface area contributed by atoms with Gasteiger partial charge in [-0.15, -0.1) is 0 Å². The lowest BCUT2D eigenvalue weighted by atomic mass is 10.2. The third kappa shape index (κ3) is 5.14. The molecule has 0 amide bonds. The van der Waals surface area contributed by atoms with Crippen LogP contribution in [0.4, 0.5) is 22.9 Å². The molecule has 0 aliphatic carbocycles. The lowest BCUT2D eigenvalue weighted by Crippen LogP contribution is -2.16. The van der Waals surface area contributed by atoms with Crippen LogP contribution in [-0.4, -0.2) is 33.2 Å². The fourth-order valence-corrected chi connectivity index (χ4v) is 3.14. The van der Waals surface area contributed by atoms with Gasteiger partial charge in [-0.25, -0.2) is 13.4 Å². The molecule has 0 bridgehead atoms. The van der Waals surface area contributed by atoms with Crippen LogP contribution in [-0.2, 0) is 10.0 Å². The third-order valence-corrected chi connectivity index (χ3v) is 4.66. The molecule has 2 rings (SSSR count). The Morgan fingerprint density at radius 3 is 2.22 bits per heavy atom. The molecule has 0 saturated heterocycles. The minimum Gasteiger partial charge on any atom is -0.378 e. The number of nitrogens with one attached hydrogen (secondary N) is 2. The predicted molar refractivity (Wildman–Crippen MR) is 96.0 cm³/mol. The molecular weight excluding hydrogens is 312 g/mol. The molecule has 2 aromatic rings. The van der Waals surface area contributed by atoms with Gasteiger partial charge in [0.15, 0.2) is 0 Å². The number of aromatic nitrogens is 1. The van der Waals surface area contributed by atoms with Crippen LogP contribution in [0.3, 0.4) is 0 Å². The Bertz CT molecular complexity index is 726. The van der Waals surface area contributed by atoms with Gasteiger partial charge in [0.1, 0.15) is 5.82 Å². The Hall–Kier alpha value is -2.28. The number of rotatable bonds is 7. The van der Waals surface area contributed by atoms with Crippen LogP contribution in [0.2, 0.25) is 0 Å². The highest BCUT2D eigenvalue weighted by Crippen LogP contribution is 2.20. The van der Waals surface area contributed by atoms with Gasteiger partial charge in [-0.2, -0.15) is 0 Å². The van der Waals surface area contributed by atoms with Crippen LogP contribution in [0.5, 0.6) is 0 Å². The van der Waals surface area contributed by atoms with Gasteiger partial charge in [0.2, 0.25) is 10.0 Å². The van der Waals surface area contributed by atoms with Crippen molar-refractivity contribution in [3.8, 4) is 0 Å². The number of hydrogen-bond donors (Lipinski definition) is 2. The fraction of sp³-hybridized carbons (Fsp3) is 0.312. The first-order chi connectivity index (χ1) is 10.9. The van der Waals surface area contributed by atoms with E-state index in [9.17, 15) is 8.42 Å². The standard InChI is InChI=1S/C16H22N4O2S/c1-4-11-23(21,22)19-14-7-10-16(17-12-14)18-13-5-8-15(9-6-13)20(2)3/h5-10,12,19H,4,11H2,1-3H3,(H,17,18). The summed E-state index contributed by atoms with van der Waals surface area (Å²) < 4.78 is 25.9. The summed E-state index contributed by atoms with van der Waals surface area (Å²) in [5.41, 5.74) is 2.50. The van der Waals surface area contributed by atoms with Crippen molar-refractivity contribution >= 4 is 32.9 Å². The highest BCUT2D eigenvalue weighted by molar-refractivity contribution is 7.92. The molecule has 0 radical (unpaired) electrons. The zero-order valence-corrected chi connectivity index (χ0v) is 14.4. The first kappa shape index (κ1) is 17.1. The number of nitrogens with zero attached hydrogens (tertiary/aromatic N) is 2. The first-order valence-electron chi connectivity index (χ1n) is 7.40. The van der Waals surface area contributed by atoms with Crippen LogP contribution in [0.15, 0.2) is 42.6 Å². The van der Waals surface area contributed by atoms with Crippen LogP contribution in [0.25, 0.3) is 0 Å². The van der Waals surface area contributed by atoms with Crippen LogP contribution >= 0.6 is 0 Å². The Kier molecular flexibility index (Phi) is 5.44. The molecule has 1 heterocycles. The second-order valence-electron chi connectivity index (χ2n) is 5.42. The summed E-state index contributed by atoms with van der Waals surface area (Å²) in [5, 5.41) is 3.18. The van der Waals surface area contributed by atoms with E-state index in [0.717, 1.165) is 11.4 Å². The normalized spacial score (nSPS) is 11.1. The van der Waals surface area contributed by atoms with E-state index in [-0.39, 0.29) is 5.75 Å². The largest absolute Gasteiger partial charge is 0.378 e. The van der Waals surface area contributed by atoms with Crippen molar-refractivity contribution < 1.29 is 8.42 Å². The van der Waals surface area contributed by atoms with E-state index in [0.29, 0.717) is 17.9 Å². The number of pyridine rings is 1. The zero-order valence-electron chi connectivity index (χ0n) is 13.6. The van der Waals surface area contributed by atoms with Crippen molar-refractivity contribution in [2.75, 3.05) is 34.8 Å². The second-order valence-corrected chi connectivity index (χ2v) is 7.26. The quantitative estimate of drug-likeness (QED) is 0.814. The van der Waals surface area contributed by atoms with E-state index in [2.05, 4.69) is 15.0 Å². The highest BCUT2D eigenvalue weighted by Gasteiger charge is 2.08. The first-order valence-corrected chi connectivity index (χ1v) is 9.06. The average Bonchev–Trinajstić information content (AvgIpc) is 2.49. The second kappa shape index (κ2) is 7.32. The van der Waals surface area contributed by atoms with Gasteiger partial charge in [0, 0.05) is 25.5 Å². The van der Waals surface area contributed by atoms with E-state index < -0.39 is 10.0 Å². The van der Waals surface area contributed by atoms with Gasteiger partial charge >= 0.3 is 0 Å². The molecule has 0 aliphatic rings. The van der Waals surface area contributed by atoms with Crippen molar-refractivity contribution in [1.82, 2.24) is 4.98 Å². The van der Waals surface area contributed by atoms with Gasteiger partial charge in [0.05, 0.1) is 17.6 Å². The van der Waals surface area contributed by atoms with Gasteiger partial charge in [-0.1, -0.05) is 6.92 Å². The Morgan fingerprint density at radius 1 is 1.04 bits per heavy atom. The summed E-state index contributed by atoms with van der Waals surface area (Å²) >= 11 is 0. The lowest BCUT2D eigenvalue weighted by molar-refractivity contribution is 0.600. The number of anilines is 4. The Labute approximate surface area is 137 Å². The summed E-state index contributed by atoms with van der Waals surface area (Å²) in [7, 11) is 0.692. The Balaban J connectivity index is 2.02. The maximum absolute atomic E-state index is 11.7. The van der Waals surface area contributed by atoms with E-state index in [1.807, 2.05) is 50.2 Å². The molecule has 23 heavy (non-hydrogen) atoms. The van der Waals surface area contributed by atoms with Crippen molar-refractivity contribution in [1.29, 1.82) is 0 Å². The van der Waals surface area contributed by atoms with Gasteiger partial charge in [0.25, 0.3) is 0 Å². The molecule has 0 fully saturated rings. The molecule has 6 nitrogen and oxygen atoms in total. The van der Waals surface area contributed by atoms with E-state index >= 15 is 0 Å². The minimum absolute atomic E-state index is 0.102. The molecule has 1 aromatic carbocycles. The fourth-order valence-electron chi connectivity index (χ4n) is 2.02. The van der Waals surface area contributed by atoms with Crippen LogP contribution in [0.1, 0.15) is 13.3 Å². The van der Waals surface area contributed by atoms with Crippen molar-refractivity contribution in [3.05, 3.63) is 42.6 Å². The highest BCUT2D eigenvalue weighted by atomic mass is 32.2. The van der Waals surface area contributed by atoms with E-state index in [4.69, 9.17) is 0 Å². The predicted octanol–water partition coefficient (Wildman–Crippen LogP) is 3.04. The summed E-state index contributed by atoms with van der Waals surface area (Å²) in [6.07, 6.45) is 2.08. The lowest BCUT2D eigenvalue weighted by Gasteiger charge is -2.13. The molecule has 0 unspecified atom stereocenters. The van der Waals surface area contributed by atoms with Crippen molar-refractivity contribution in [3.63, 3.8) is 0 Å². The average molecular weight is 334 g/mol. The molecule has 0 spiro atoms. The summed E-state index contributed by atoms with van der Waals surface area (Å²) in [5.74, 6) is 0.756. The molecule has 0 atom stereocenters. The van der Waals surface area contributed by atoms with Gasteiger partial charge < -0.3 is 10.2 Å². The van der Waals surface area contributed by atoms with Crippen LogP contribution < -0.4 is 14.9 Å². The molecule has 0 aliphatic heterocycles. The van der Waals surface area contributed by atoms with Crippen molar-refractivity contribution in [2.45, 2.75) is 13.3 Å². The van der Waals surface area contributed by atoms with Crippen LogP contribution in [0, 0.1) is 0 Å². The summed E-state index contributed by atoms with van der Waals surface area (Å²) in [6.45, 7) is 1.83. The molecular formula is C16H22N4O2S. The Morgan fingerprint density at radius 2 is 1.70 bits per heavy atom. The molecule has 2 N–H and O–H groups in total. The molecule has 1 aromatic heterocycles. The van der Waals surface area contributed by atoms with E-state index in [1.54, 1.807) is 12.1 Å². The van der Waals surface area contributed by atoms with Gasteiger partial charge in [-0.05, 0) is 42.8 Å². The number of benzene rings is 1. The summed E-state index contributed by atoms with van der Waals surface area (Å²) in [4.78, 5) is 6.25. The molecule has 124 valence electrons. The molecule has 0 saturated carbocycles. The smallest absolute Gasteiger partial charge is 0.232 e. The maximum atomic E-state index is 11.7. The third-order valence-electron chi connectivity index (χ3n) is 3.17. The van der Waals surface area contributed by atoms with Crippen molar-refractivity contribution in [2.24, 2.45) is 0 Å². The monoisotopic (exact) mass is 334 g/mol. The SMILES string of the molecule is CCCS(=O)(=O)Nc1ccc(Nc2ccc(N(C)C)cc2)nc1. The molecule has 7 heteroatoms. The summed E-state index contributed by atoms with van der Waals surface area (Å²) in [6, 6.07) is 11.4. The van der Waals surface area contributed by atoms with Gasteiger partial charge in [-0.3, -0.25) is 4.72 Å². The maximum Gasteiger partial charge on any atom is 0.232 e. The zero-order chi connectivity index (χ0) is 16.9. The number of hydrogen-bond acceptors (Lipinski definition) is 5. The van der Waals surface area contributed by atoms with E-state index in [1.165, 1.54) is 6.20 Å². The number of sulfonamides is 1.